The van der Waals surface area contributed by atoms with Crippen LogP contribution >= 0.6 is 0 Å². The van der Waals surface area contributed by atoms with Crippen LogP contribution in [0, 0.1) is 6.92 Å². The van der Waals surface area contributed by atoms with Crippen LogP contribution in [0.1, 0.15) is 55.5 Å². The Morgan fingerprint density at radius 3 is 2.34 bits per heavy atom. The van der Waals surface area contributed by atoms with E-state index in [-0.39, 0.29) is 5.92 Å². The van der Waals surface area contributed by atoms with Crippen LogP contribution in [0.3, 0.4) is 0 Å². The molecule has 2 aromatic carbocycles. The molecule has 1 unspecified atom stereocenters. The normalized spacial score (nSPS) is 22.6. The van der Waals surface area contributed by atoms with E-state index in [2.05, 4.69) is 38.2 Å². The Bertz CT molecular complexity index is 1480. The lowest BCUT2D eigenvalue weighted by Crippen LogP contribution is -2.44. The molecular weight excluding hydrogens is 494 g/mol. The number of hydrogen-bond donors (Lipinski definition) is 1. The van der Waals surface area contributed by atoms with Crippen molar-refractivity contribution in [3.63, 3.8) is 0 Å². The maximum atomic E-state index is 12.9. The average Bonchev–Trinajstić information content (AvgIpc) is 3.40. The molecule has 198 valence electrons. The van der Waals surface area contributed by atoms with Gasteiger partial charge in [0, 0.05) is 30.9 Å². The topological polar surface area (TPSA) is 80.1 Å². The van der Waals surface area contributed by atoms with Gasteiger partial charge in [-0.2, -0.15) is 0 Å². The number of benzene rings is 2. The fourth-order valence-corrected chi connectivity index (χ4v) is 7.76. The third-order valence-corrected chi connectivity index (χ3v) is 9.91. The maximum Gasteiger partial charge on any atom is 0.240 e. The van der Waals surface area contributed by atoms with E-state index < -0.39 is 10.0 Å². The molecule has 0 saturated carbocycles. The van der Waals surface area contributed by atoms with Gasteiger partial charge < -0.3 is 4.57 Å². The number of aryl methyl sites for hydroxylation is 1. The molecule has 2 aliphatic rings. The smallest absolute Gasteiger partial charge is 0.240 e. The first-order valence-electron chi connectivity index (χ1n) is 13.6. The minimum atomic E-state index is -3.55. The van der Waals surface area contributed by atoms with Crippen molar-refractivity contribution in [2.75, 3.05) is 13.1 Å². The molecule has 2 saturated heterocycles. The van der Waals surface area contributed by atoms with Gasteiger partial charge in [-0.25, -0.2) is 18.1 Å². The molecule has 4 heterocycles. The zero-order valence-electron chi connectivity index (χ0n) is 21.8. The van der Waals surface area contributed by atoms with Gasteiger partial charge in [0.15, 0.2) is 0 Å². The van der Waals surface area contributed by atoms with E-state index in [0.29, 0.717) is 29.6 Å². The number of piperidine rings is 1. The van der Waals surface area contributed by atoms with Gasteiger partial charge in [-0.15, -0.1) is 0 Å². The molecular formula is C30H35N5O2S. The summed E-state index contributed by atoms with van der Waals surface area (Å²) in [6.07, 6.45) is 9.36. The molecule has 7 nitrogen and oxygen atoms in total. The van der Waals surface area contributed by atoms with Crippen LogP contribution in [0.25, 0.3) is 11.0 Å². The van der Waals surface area contributed by atoms with Gasteiger partial charge >= 0.3 is 0 Å². The number of nitrogens with zero attached hydrogens (tertiary/aromatic N) is 4. The lowest BCUT2D eigenvalue weighted by molar-refractivity contribution is 0.104. The number of hydrogen-bond acceptors (Lipinski definition) is 5. The molecule has 4 aromatic rings. The SMILES string of the molecule is Cc1nc2ccncc2n1[C@H]1C[C@H]2CC[C@@H](C1)N2CCC(CNS(=O)(=O)c1ccccc1)c1ccccc1. The Morgan fingerprint density at radius 1 is 0.947 bits per heavy atom. The maximum absolute atomic E-state index is 12.9. The Labute approximate surface area is 225 Å². The molecule has 8 heteroatoms. The number of rotatable bonds is 9. The fourth-order valence-electron chi connectivity index (χ4n) is 6.65. The molecule has 0 amide bonds. The molecule has 2 aromatic heterocycles. The summed E-state index contributed by atoms with van der Waals surface area (Å²) in [4.78, 5) is 12.2. The third kappa shape index (κ3) is 5.00. The van der Waals surface area contributed by atoms with E-state index in [1.54, 1.807) is 24.3 Å². The molecule has 0 radical (unpaired) electrons. The molecule has 1 N–H and O–H groups in total. The monoisotopic (exact) mass is 529 g/mol. The Kier molecular flexibility index (Phi) is 7.03. The Hall–Kier alpha value is -3.07. The van der Waals surface area contributed by atoms with Crippen molar-refractivity contribution < 1.29 is 8.42 Å². The highest BCUT2D eigenvalue weighted by Crippen LogP contribution is 2.42. The number of imidazole rings is 1. The summed E-state index contributed by atoms with van der Waals surface area (Å²) < 4.78 is 31.1. The van der Waals surface area contributed by atoms with Crippen molar-refractivity contribution in [3.8, 4) is 0 Å². The van der Waals surface area contributed by atoms with Gasteiger partial charge in [0.25, 0.3) is 0 Å². The average molecular weight is 530 g/mol. The van der Waals surface area contributed by atoms with Gasteiger partial charge in [0.1, 0.15) is 5.82 Å². The number of sulfonamides is 1. The minimum Gasteiger partial charge on any atom is -0.324 e. The van der Waals surface area contributed by atoms with Crippen molar-refractivity contribution in [1.82, 2.24) is 24.2 Å². The zero-order chi connectivity index (χ0) is 26.1. The molecule has 6 rings (SSSR count). The first-order valence-corrected chi connectivity index (χ1v) is 15.1. The van der Waals surface area contributed by atoms with Crippen LogP contribution in [-0.2, 0) is 10.0 Å². The number of pyridine rings is 1. The van der Waals surface area contributed by atoms with E-state index in [9.17, 15) is 8.42 Å². The zero-order valence-corrected chi connectivity index (χ0v) is 22.6. The van der Waals surface area contributed by atoms with Crippen LogP contribution in [0.2, 0.25) is 0 Å². The molecule has 2 aliphatic heterocycles. The number of nitrogens with one attached hydrogen (secondary N) is 1. The molecule has 2 bridgehead atoms. The third-order valence-electron chi connectivity index (χ3n) is 8.47. The Morgan fingerprint density at radius 2 is 1.63 bits per heavy atom. The van der Waals surface area contributed by atoms with Crippen LogP contribution in [0.4, 0.5) is 0 Å². The predicted molar refractivity (Wildman–Crippen MR) is 149 cm³/mol. The molecule has 0 aliphatic carbocycles. The standard InChI is InChI=1S/C30H35N5O2S/c1-22-33-29-14-16-31-21-30(29)35(22)27-18-25-12-13-26(19-27)34(25)17-15-24(23-8-4-2-5-9-23)20-32-38(36,37)28-10-6-3-7-11-28/h2-11,14,16,21,24-27,32H,12-13,15,17-20H2,1H3/t24?,25-,26+,27+. The van der Waals surface area contributed by atoms with Gasteiger partial charge in [-0.05, 0) is 75.3 Å². The summed E-state index contributed by atoms with van der Waals surface area (Å²) in [6.45, 7) is 3.47. The quantitative estimate of drug-likeness (QED) is 0.328. The second kappa shape index (κ2) is 10.6. The van der Waals surface area contributed by atoms with Crippen LogP contribution in [0.15, 0.2) is 84.0 Å². The van der Waals surface area contributed by atoms with Crippen molar-refractivity contribution in [3.05, 3.63) is 90.5 Å². The van der Waals surface area contributed by atoms with Crippen LogP contribution < -0.4 is 4.72 Å². The molecule has 38 heavy (non-hydrogen) atoms. The molecule has 4 atom stereocenters. The summed E-state index contributed by atoms with van der Waals surface area (Å²) in [5.74, 6) is 1.18. The van der Waals surface area contributed by atoms with Crippen molar-refractivity contribution in [1.29, 1.82) is 0 Å². The van der Waals surface area contributed by atoms with Crippen molar-refractivity contribution in [2.45, 2.75) is 68.0 Å². The van der Waals surface area contributed by atoms with Crippen molar-refractivity contribution in [2.24, 2.45) is 0 Å². The first kappa shape index (κ1) is 25.2. The van der Waals surface area contributed by atoms with Gasteiger partial charge in [0.2, 0.25) is 10.0 Å². The van der Waals surface area contributed by atoms with E-state index in [1.807, 2.05) is 42.7 Å². The highest BCUT2D eigenvalue weighted by molar-refractivity contribution is 7.89. The van der Waals surface area contributed by atoms with Crippen molar-refractivity contribution >= 4 is 21.1 Å². The summed E-state index contributed by atoms with van der Waals surface area (Å²) >= 11 is 0. The lowest BCUT2D eigenvalue weighted by Gasteiger charge is -2.40. The Balaban J connectivity index is 1.15. The van der Waals surface area contributed by atoms with Gasteiger partial charge in [-0.3, -0.25) is 9.88 Å². The summed E-state index contributed by atoms with van der Waals surface area (Å²) in [5, 5.41) is 0. The van der Waals surface area contributed by atoms with E-state index in [1.165, 1.54) is 18.4 Å². The van der Waals surface area contributed by atoms with Crippen LogP contribution in [0.5, 0.6) is 0 Å². The minimum absolute atomic E-state index is 0.109. The molecule has 2 fully saturated rings. The van der Waals surface area contributed by atoms with Gasteiger partial charge in [-0.1, -0.05) is 48.5 Å². The fraction of sp³-hybridized carbons (Fsp3) is 0.400. The van der Waals surface area contributed by atoms with Gasteiger partial charge in [0.05, 0.1) is 22.1 Å². The summed E-state index contributed by atoms with van der Waals surface area (Å²) in [7, 11) is -3.55. The van der Waals surface area contributed by atoms with Crippen LogP contribution in [-0.4, -0.2) is 53.0 Å². The van der Waals surface area contributed by atoms with E-state index in [4.69, 9.17) is 4.98 Å². The largest absolute Gasteiger partial charge is 0.324 e. The number of aromatic nitrogens is 3. The highest BCUT2D eigenvalue weighted by atomic mass is 32.2. The van der Waals surface area contributed by atoms with E-state index >= 15 is 0 Å². The summed E-state index contributed by atoms with van der Waals surface area (Å²) in [5.41, 5.74) is 3.34. The predicted octanol–water partition coefficient (Wildman–Crippen LogP) is 5.06. The van der Waals surface area contributed by atoms with E-state index in [0.717, 1.165) is 42.7 Å². The molecule has 0 spiro atoms. The number of fused-ring (bicyclic) bond motifs is 3. The lowest BCUT2D eigenvalue weighted by atomic mass is 9.93. The second-order valence-corrected chi connectivity index (χ2v) is 12.5. The highest BCUT2D eigenvalue weighted by Gasteiger charge is 2.41. The first-order chi connectivity index (χ1) is 18.5. The summed E-state index contributed by atoms with van der Waals surface area (Å²) in [6, 6.07) is 22.5. The second-order valence-electron chi connectivity index (χ2n) is 10.7.